The number of rotatable bonds is 2. The Morgan fingerprint density at radius 1 is 1.00 bits per heavy atom. The minimum Gasteiger partial charge on any atom is -0.360 e. The summed E-state index contributed by atoms with van der Waals surface area (Å²) in [7, 11) is 0. The molecule has 0 aromatic heterocycles. The Balaban J connectivity index is 1.57. The van der Waals surface area contributed by atoms with Crippen LogP contribution in [0.4, 0.5) is 0 Å². The van der Waals surface area contributed by atoms with Crippen LogP contribution in [0.2, 0.25) is 0 Å². The molecule has 0 spiro atoms. The summed E-state index contributed by atoms with van der Waals surface area (Å²) in [4.78, 5) is 0. The van der Waals surface area contributed by atoms with Crippen LogP contribution in [0.5, 0.6) is 0 Å². The van der Waals surface area contributed by atoms with E-state index in [0.29, 0.717) is 12.1 Å². The fraction of sp³-hybridized carbons (Fsp3) is 0.462. The van der Waals surface area contributed by atoms with Crippen LogP contribution in [0.15, 0.2) is 24.3 Å². The monoisotopic (exact) mass is 232 g/mol. The molecule has 2 nitrogen and oxygen atoms in total. The third-order valence-electron chi connectivity index (χ3n) is 3.30. The molecule has 3 rings (SSSR count). The zero-order valence-electron chi connectivity index (χ0n) is 9.20. The van der Waals surface area contributed by atoms with E-state index >= 15 is 0 Å². The van der Waals surface area contributed by atoms with Crippen LogP contribution >= 0.6 is 12.2 Å². The summed E-state index contributed by atoms with van der Waals surface area (Å²) < 4.78 is 0. The summed E-state index contributed by atoms with van der Waals surface area (Å²) in [5.74, 6) is 0. The van der Waals surface area contributed by atoms with Gasteiger partial charge in [-0.2, -0.15) is 0 Å². The summed E-state index contributed by atoms with van der Waals surface area (Å²) >= 11 is 5.30. The number of benzene rings is 1. The van der Waals surface area contributed by atoms with Crippen molar-refractivity contribution in [3.63, 3.8) is 0 Å². The van der Waals surface area contributed by atoms with Crippen molar-refractivity contribution in [2.45, 2.75) is 37.8 Å². The van der Waals surface area contributed by atoms with Crippen LogP contribution in [-0.4, -0.2) is 17.2 Å². The molecule has 0 unspecified atom stereocenters. The lowest BCUT2D eigenvalue weighted by Crippen LogP contribution is -2.43. The molecule has 0 radical (unpaired) electrons. The first-order valence-corrected chi connectivity index (χ1v) is 6.36. The highest BCUT2D eigenvalue weighted by Gasteiger charge is 2.25. The number of thiocarbonyl (C=S) groups is 1. The summed E-state index contributed by atoms with van der Waals surface area (Å²) in [5, 5.41) is 7.58. The van der Waals surface area contributed by atoms with Crippen LogP contribution in [0.25, 0.3) is 0 Å². The molecule has 0 heterocycles. The van der Waals surface area contributed by atoms with Crippen LogP contribution in [0.3, 0.4) is 0 Å². The van der Waals surface area contributed by atoms with Gasteiger partial charge in [0.25, 0.3) is 0 Å². The number of fused-ring (bicyclic) bond motifs is 1. The molecule has 3 heteroatoms. The number of hydrogen-bond donors (Lipinski definition) is 2. The maximum absolute atomic E-state index is 5.30. The van der Waals surface area contributed by atoms with Crippen LogP contribution < -0.4 is 10.6 Å². The first kappa shape index (κ1) is 10.1. The third-order valence-corrected chi connectivity index (χ3v) is 3.53. The van der Waals surface area contributed by atoms with Crippen molar-refractivity contribution in [1.29, 1.82) is 0 Å². The summed E-state index contributed by atoms with van der Waals surface area (Å²) in [6, 6.07) is 9.78. The van der Waals surface area contributed by atoms with E-state index < -0.39 is 0 Å². The molecule has 0 aliphatic heterocycles. The third kappa shape index (κ3) is 2.19. The lowest BCUT2D eigenvalue weighted by Gasteiger charge is -2.15. The number of hydrogen-bond acceptors (Lipinski definition) is 1. The van der Waals surface area contributed by atoms with Crippen molar-refractivity contribution in [2.24, 2.45) is 0 Å². The minimum absolute atomic E-state index is 0.483. The van der Waals surface area contributed by atoms with E-state index in [0.717, 1.165) is 18.0 Å². The molecule has 2 aliphatic rings. The fourth-order valence-electron chi connectivity index (χ4n) is 2.30. The molecule has 16 heavy (non-hydrogen) atoms. The summed E-state index contributed by atoms with van der Waals surface area (Å²) in [6.45, 7) is 0. The Kier molecular flexibility index (Phi) is 2.56. The van der Waals surface area contributed by atoms with E-state index in [9.17, 15) is 0 Å². The highest BCUT2D eigenvalue weighted by Crippen LogP contribution is 2.22. The normalized spacial score (nSPS) is 19.2. The SMILES string of the molecule is S=C(NC1CC1)NC1Cc2ccccc2C1. The van der Waals surface area contributed by atoms with Gasteiger partial charge in [-0.05, 0) is 49.0 Å². The van der Waals surface area contributed by atoms with Gasteiger partial charge in [0.1, 0.15) is 0 Å². The van der Waals surface area contributed by atoms with Crippen molar-refractivity contribution < 1.29 is 0 Å². The van der Waals surface area contributed by atoms with Crippen molar-refractivity contribution in [3.8, 4) is 0 Å². The van der Waals surface area contributed by atoms with Gasteiger partial charge in [0.15, 0.2) is 5.11 Å². The highest BCUT2D eigenvalue weighted by atomic mass is 32.1. The molecule has 1 saturated carbocycles. The standard InChI is InChI=1S/C13H16N2S/c16-13(14-11-5-6-11)15-12-7-9-3-1-2-4-10(9)8-12/h1-4,11-12H,5-8H2,(H2,14,15,16). The molecule has 1 fully saturated rings. The smallest absolute Gasteiger partial charge is 0.166 e. The van der Waals surface area contributed by atoms with Gasteiger partial charge in [-0.25, -0.2) is 0 Å². The average molecular weight is 232 g/mol. The molecule has 0 atom stereocenters. The van der Waals surface area contributed by atoms with Crippen molar-refractivity contribution in [3.05, 3.63) is 35.4 Å². The zero-order valence-corrected chi connectivity index (χ0v) is 10.0. The first-order chi connectivity index (χ1) is 7.81. The van der Waals surface area contributed by atoms with Gasteiger partial charge < -0.3 is 10.6 Å². The van der Waals surface area contributed by atoms with Gasteiger partial charge in [0.05, 0.1) is 0 Å². The van der Waals surface area contributed by atoms with Crippen molar-refractivity contribution >= 4 is 17.3 Å². The molecule has 84 valence electrons. The van der Waals surface area contributed by atoms with Gasteiger partial charge >= 0.3 is 0 Å². The van der Waals surface area contributed by atoms with E-state index in [1.165, 1.54) is 24.0 Å². The maximum atomic E-state index is 5.30. The van der Waals surface area contributed by atoms with Crippen LogP contribution in [0.1, 0.15) is 24.0 Å². The lowest BCUT2D eigenvalue weighted by molar-refractivity contribution is 0.633. The average Bonchev–Trinajstić information content (AvgIpc) is 2.97. The Labute approximate surface area is 101 Å². The second kappa shape index (κ2) is 4.06. The molecule has 0 amide bonds. The fourth-order valence-corrected chi connectivity index (χ4v) is 2.63. The van der Waals surface area contributed by atoms with Gasteiger partial charge in [-0.3, -0.25) is 0 Å². The molecule has 1 aromatic rings. The molecule has 0 bridgehead atoms. The summed E-state index contributed by atoms with van der Waals surface area (Å²) in [5.41, 5.74) is 2.93. The summed E-state index contributed by atoms with van der Waals surface area (Å²) in [6.07, 6.45) is 4.74. The molecular formula is C13H16N2S. The molecular weight excluding hydrogens is 216 g/mol. The van der Waals surface area contributed by atoms with Gasteiger partial charge in [0, 0.05) is 12.1 Å². The van der Waals surface area contributed by atoms with Gasteiger partial charge in [0.2, 0.25) is 0 Å². The van der Waals surface area contributed by atoms with E-state index in [1.54, 1.807) is 0 Å². The Hall–Kier alpha value is -1.09. The Bertz CT molecular complexity index is 387. The quantitative estimate of drug-likeness (QED) is 0.760. The minimum atomic E-state index is 0.483. The van der Waals surface area contributed by atoms with E-state index in [4.69, 9.17) is 12.2 Å². The van der Waals surface area contributed by atoms with Crippen molar-refractivity contribution in [1.82, 2.24) is 10.6 Å². The van der Waals surface area contributed by atoms with E-state index in [2.05, 4.69) is 34.9 Å². The lowest BCUT2D eigenvalue weighted by atomic mass is 10.1. The van der Waals surface area contributed by atoms with E-state index in [1.807, 2.05) is 0 Å². The molecule has 1 aromatic carbocycles. The van der Waals surface area contributed by atoms with Crippen LogP contribution in [-0.2, 0) is 12.8 Å². The van der Waals surface area contributed by atoms with E-state index in [-0.39, 0.29) is 0 Å². The van der Waals surface area contributed by atoms with Gasteiger partial charge in [-0.15, -0.1) is 0 Å². The largest absolute Gasteiger partial charge is 0.360 e. The highest BCUT2D eigenvalue weighted by molar-refractivity contribution is 7.80. The molecule has 0 saturated heterocycles. The topological polar surface area (TPSA) is 24.1 Å². The predicted octanol–water partition coefficient (Wildman–Crippen LogP) is 1.78. The molecule has 2 N–H and O–H groups in total. The number of nitrogens with one attached hydrogen (secondary N) is 2. The van der Waals surface area contributed by atoms with Crippen LogP contribution in [0, 0.1) is 0 Å². The molecule has 2 aliphatic carbocycles. The zero-order chi connectivity index (χ0) is 11.0. The Morgan fingerprint density at radius 3 is 2.12 bits per heavy atom. The predicted molar refractivity (Wildman–Crippen MR) is 69.5 cm³/mol. The second-order valence-corrected chi connectivity index (χ2v) is 5.17. The second-order valence-electron chi connectivity index (χ2n) is 4.77. The van der Waals surface area contributed by atoms with Gasteiger partial charge in [-0.1, -0.05) is 24.3 Å². The first-order valence-electron chi connectivity index (χ1n) is 5.95. The Morgan fingerprint density at radius 2 is 1.56 bits per heavy atom. The maximum Gasteiger partial charge on any atom is 0.166 e. The van der Waals surface area contributed by atoms with Crippen molar-refractivity contribution in [2.75, 3.05) is 0 Å².